The minimum Gasteiger partial charge on any atom is -0.399 e. The molecule has 106 valence electrons. The van der Waals surface area contributed by atoms with E-state index in [9.17, 15) is 0 Å². The molecule has 3 rings (SSSR count). The van der Waals surface area contributed by atoms with Gasteiger partial charge >= 0.3 is 0 Å². The Morgan fingerprint density at radius 3 is 2.90 bits per heavy atom. The third kappa shape index (κ3) is 2.22. The highest BCUT2D eigenvalue weighted by molar-refractivity contribution is 9.10. The zero-order valence-electron chi connectivity index (χ0n) is 11.7. The van der Waals surface area contributed by atoms with Crippen LogP contribution in [0.3, 0.4) is 0 Å². The van der Waals surface area contributed by atoms with E-state index < -0.39 is 0 Å². The van der Waals surface area contributed by atoms with E-state index in [0.717, 1.165) is 22.3 Å². The predicted molar refractivity (Wildman–Crippen MR) is 82.0 cm³/mol. The number of benzene rings is 1. The number of nitrogens with two attached hydrogens (primary N) is 1. The molecule has 0 saturated heterocycles. The van der Waals surface area contributed by atoms with E-state index in [1.807, 2.05) is 22.9 Å². The molecule has 0 spiro atoms. The Bertz CT molecular complexity index is 634. The van der Waals surface area contributed by atoms with Crippen LogP contribution in [0.4, 0.5) is 5.69 Å². The highest BCUT2D eigenvalue weighted by Gasteiger charge is 2.38. The van der Waals surface area contributed by atoms with Crippen LogP contribution in [0.5, 0.6) is 0 Å². The SMILES string of the molecule is CC1(C)CCCC1n1nnnc1-c1cc(N)ccc1Br. The highest BCUT2D eigenvalue weighted by Crippen LogP contribution is 2.46. The predicted octanol–water partition coefficient (Wildman–Crippen LogP) is 3.44. The summed E-state index contributed by atoms with van der Waals surface area (Å²) in [7, 11) is 0. The molecule has 0 amide bonds. The fourth-order valence-corrected chi connectivity index (χ4v) is 3.48. The quantitative estimate of drug-likeness (QED) is 0.853. The lowest BCUT2D eigenvalue weighted by atomic mass is 9.87. The van der Waals surface area contributed by atoms with Gasteiger partial charge in [0.25, 0.3) is 0 Å². The molecule has 1 aromatic heterocycles. The summed E-state index contributed by atoms with van der Waals surface area (Å²) in [5, 5.41) is 12.3. The summed E-state index contributed by atoms with van der Waals surface area (Å²) in [5.41, 5.74) is 7.76. The topological polar surface area (TPSA) is 69.6 Å². The van der Waals surface area contributed by atoms with Gasteiger partial charge in [-0.15, -0.1) is 5.10 Å². The van der Waals surface area contributed by atoms with Crippen LogP contribution in [0, 0.1) is 5.41 Å². The Labute approximate surface area is 126 Å². The molecule has 0 aliphatic heterocycles. The Balaban J connectivity index is 2.09. The van der Waals surface area contributed by atoms with Gasteiger partial charge in [0, 0.05) is 15.7 Å². The van der Waals surface area contributed by atoms with Crippen molar-refractivity contribution in [3.8, 4) is 11.4 Å². The second kappa shape index (κ2) is 4.84. The molecule has 1 saturated carbocycles. The van der Waals surface area contributed by atoms with Crippen LogP contribution < -0.4 is 5.73 Å². The standard InChI is InChI=1S/C14H18BrN5/c1-14(2)7-3-4-12(14)20-13(17-18-19-20)10-8-9(16)5-6-11(10)15/h5-6,8,12H,3-4,7,16H2,1-2H3. The van der Waals surface area contributed by atoms with E-state index in [1.165, 1.54) is 12.8 Å². The van der Waals surface area contributed by atoms with Gasteiger partial charge in [-0.1, -0.05) is 36.2 Å². The van der Waals surface area contributed by atoms with E-state index in [4.69, 9.17) is 5.73 Å². The van der Waals surface area contributed by atoms with Crippen molar-refractivity contribution in [2.75, 3.05) is 5.73 Å². The van der Waals surface area contributed by atoms with Crippen LogP contribution in [0.15, 0.2) is 22.7 Å². The monoisotopic (exact) mass is 335 g/mol. The Hall–Kier alpha value is -1.43. The Morgan fingerprint density at radius 1 is 1.40 bits per heavy atom. The molecular weight excluding hydrogens is 318 g/mol. The zero-order chi connectivity index (χ0) is 14.3. The van der Waals surface area contributed by atoms with Crippen LogP contribution in [-0.2, 0) is 0 Å². The fraction of sp³-hybridized carbons (Fsp3) is 0.500. The van der Waals surface area contributed by atoms with E-state index in [2.05, 4.69) is 45.3 Å². The van der Waals surface area contributed by atoms with Crippen molar-refractivity contribution in [2.24, 2.45) is 5.41 Å². The highest BCUT2D eigenvalue weighted by atomic mass is 79.9. The Morgan fingerprint density at radius 2 is 2.20 bits per heavy atom. The van der Waals surface area contributed by atoms with Gasteiger partial charge in [-0.3, -0.25) is 0 Å². The van der Waals surface area contributed by atoms with E-state index >= 15 is 0 Å². The minimum absolute atomic E-state index is 0.219. The van der Waals surface area contributed by atoms with Gasteiger partial charge in [-0.25, -0.2) is 4.68 Å². The molecule has 6 heteroatoms. The average molecular weight is 336 g/mol. The maximum Gasteiger partial charge on any atom is 0.183 e. The van der Waals surface area contributed by atoms with Crippen molar-refractivity contribution in [1.82, 2.24) is 20.2 Å². The van der Waals surface area contributed by atoms with Gasteiger partial charge < -0.3 is 5.73 Å². The van der Waals surface area contributed by atoms with Crippen molar-refractivity contribution >= 4 is 21.6 Å². The molecule has 2 N–H and O–H groups in total. The summed E-state index contributed by atoms with van der Waals surface area (Å²) in [4.78, 5) is 0. The van der Waals surface area contributed by atoms with E-state index in [0.29, 0.717) is 11.7 Å². The molecule has 1 unspecified atom stereocenters. The largest absolute Gasteiger partial charge is 0.399 e. The number of tetrazole rings is 1. The molecule has 1 fully saturated rings. The van der Waals surface area contributed by atoms with Crippen LogP contribution in [0.2, 0.25) is 0 Å². The summed E-state index contributed by atoms with van der Waals surface area (Å²) in [6.07, 6.45) is 3.54. The third-order valence-electron chi connectivity index (χ3n) is 4.22. The van der Waals surface area contributed by atoms with Crippen molar-refractivity contribution in [3.05, 3.63) is 22.7 Å². The molecule has 1 aliphatic rings. The fourth-order valence-electron chi connectivity index (χ4n) is 3.06. The number of aromatic nitrogens is 4. The van der Waals surface area contributed by atoms with Gasteiger partial charge in [-0.2, -0.15) is 0 Å². The number of anilines is 1. The van der Waals surface area contributed by atoms with Gasteiger partial charge in [0.2, 0.25) is 0 Å². The van der Waals surface area contributed by atoms with Crippen LogP contribution in [0.25, 0.3) is 11.4 Å². The summed E-state index contributed by atoms with van der Waals surface area (Å²) >= 11 is 3.56. The van der Waals surface area contributed by atoms with Gasteiger partial charge in [0.1, 0.15) is 0 Å². The summed E-state index contributed by atoms with van der Waals surface area (Å²) < 4.78 is 2.92. The average Bonchev–Trinajstić information content (AvgIpc) is 2.97. The molecule has 1 atom stereocenters. The molecule has 1 aliphatic carbocycles. The van der Waals surface area contributed by atoms with Crippen molar-refractivity contribution in [3.63, 3.8) is 0 Å². The number of hydrogen-bond donors (Lipinski definition) is 1. The molecule has 0 bridgehead atoms. The maximum absolute atomic E-state index is 5.89. The summed E-state index contributed by atoms with van der Waals surface area (Å²) in [6, 6.07) is 6.04. The van der Waals surface area contributed by atoms with Crippen LogP contribution in [0.1, 0.15) is 39.2 Å². The lowest BCUT2D eigenvalue weighted by Crippen LogP contribution is -2.23. The second-order valence-corrected chi connectivity index (χ2v) is 6.94. The lowest BCUT2D eigenvalue weighted by Gasteiger charge is -2.27. The lowest BCUT2D eigenvalue weighted by molar-refractivity contribution is 0.242. The number of hydrogen-bond acceptors (Lipinski definition) is 4. The normalized spacial score (nSPS) is 21.2. The molecule has 20 heavy (non-hydrogen) atoms. The van der Waals surface area contributed by atoms with Gasteiger partial charge in [0.05, 0.1) is 6.04 Å². The van der Waals surface area contributed by atoms with Crippen molar-refractivity contribution < 1.29 is 0 Å². The van der Waals surface area contributed by atoms with E-state index in [1.54, 1.807) is 0 Å². The third-order valence-corrected chi connectivity index (χ3v) is 4.91. The smallest absolute Gasteiger partial charge is 0.183 e. The van der Waals surface area contributed by atoms with E-state index in [-0.39, 0.29) is 5.41 Å². The minimum atomic E-state index is 0.219. The Kier molecular flexibility index (Phi) is 3.28. The number of nitrogens with zero attached hydrogens (tertiary/aromatic N) is 4. The molecule has 1 heterocycles. The zero-order valence-corrected chi connectivity index (χ0v) is 13.3. The van der Waals surface area contributed by atoms with Gasteiger partial charge in [-0.05, 0) is 46.9 Å². The van der Waals surface area contributed by atoms with Crippen molar-refractivity contribution in [1.29, 1.82) is 0 Å². The maximum atomic E-state index is 5.89. The molecule has 5 nitrogen and oxygen atoms in total. The van der Waals surface area contributed by atoms with Crippen LogP contribution in [-0.4, -0.2) is 20.2 Å². The molecular formula is C14H18BrN5. The molecule has 0 radical (unpaired) electrons. The number of halogens is 1. The number of rotatable bonds is 2. The first kappa shape index (κ1) is 13.5. The first-order chi connectivity index (χ1) is 9.49. The molecule has 1 aromatic carbocycles. The summed E-state index contributed by atoms with van der Waals surface area (Å²) in [6.45, 7) is 4.56. The molecule has 2 aromatic rings. The first-order valence-corrected chi connectivity index (χ1v) is 7.61. The second-order valence-electron chi connectivity index (χ2n) is 6.08. The first-order valence-electron chi connectivity index (χ1n) is 6.82. The number of nitrogen functional groups attached to an aromatic ring is 1. The summed E-state index contributed by atoms with van der Waals surface area (Å²) in [5.74, 6) is 0.782. The van der Waals surface area contributed by atoms with Crippen LogP contribution >= 0.6 is 15.9 Å². The van der Waals surface area contributed by atoms with Gasteiger partial charge in [0.15, 0.2) is 5.82 Å². The van der Waals surface area contributed by atoms with Crippen molar-refractivity contribution in [2.45, 2.75) is 39.2 Å².